The van der Waals surface area contributed by atoms with Crippen LogP contribution in [0.15, 0.2) is 61.4 Å². The molecule has 0 aromatic carbocycles. The van der Waals surface area contributed by atoms with Gasteiger partial charge >= 0.3 is 5.97 Å². The predicted octanol–water partition coefficient (Wildman–Crippen LogP) is 2.06. The van der Waals surface area contributed by atoms with Gasteiger partial charge in [-0.05, 0) is 30.5 Å². The summed E-state index contributed by atoms with van der Waals surface area (Å²) in [5, 5.41) is 1.91. The molecule has 0 spiro atoms. The Bertz CT molecular complexity index is 1170. The van der Waals surface area contributed by atoms with Gasteiger partial charge in [-0.15, -0.1) is 11.3 Å². The van der Waals surface area contributed by atoms with Crippen molar-refractivity contribution in [2.45, 2.75) is 13.0 Å². The monoisotopic (exact) mass is 386 g/mol. The molecule has 1 atom stereocenters. The van der Waals surface area contributed by atoms with Crippen LogP contribution in [0, 0.1) is 0 Å². The zero-order valence-electron chi connectivity index (χ0n) is 14.0. The van der Waals surface area contributed by atoms with Crippen molar-refractivity contribution in [1.82, 2.24) is 4.57 Å². The first kappa shape index (κ1) is 16.7. The van der Waals surface area contributed by atoms with E-state index in [2.05, 4.69) is 4.99 Å². The number of rotatable bonds is 3. The van der Waals surface area contributed by atoms with Crippen LogP contribution in [0.4, 0.5) is 0 Å². The molecule has 26 heavy (non-hydrogen) atoms. The first-order valence-corrected chi connectivity index (χ1v) is 9.47. The summed E-state index contributed by atoms with van der Waals surface area (Å²) in [6.45, 7) is 1.76. The molecule has 0 fully saturated rings. The molecule has 0 amide bonds. The lowest BCUT2D eigenvalue weighted by molar-refractivity contribution is -0.136. The lowest BCUT2D eigenvalue weighted by Gasteiger charge is -2.22. The molecule has 132 valence electrons. The van der Waals surface area contributed by atoms with E-state index >= 15 is 0 Å². The zero-order chi connectivity index (χ0) is 18.3. The number of furan rings is 1. The van der Waals surface area contributed by atoms with E-state index < -0.39 is 12.0 Å². The third kappa shape index (κ3) is 2.67. The van der Waals surface area contributed by atoms with Crippen molar-refractivity contribution in [3.63, 3.8) is 0 Å². The maximum Gasteiger partial charge on any atom is 0.338 e. The van der Waals surface area contributed by atoms with Crippen LogP contribution in [0.1, 0.15) is 23.6 Å². The van der Waals surface area contributed by atoms with E-state index in [0.29, 0.717) is 26.4 Å². The van der Waals surface area contributed by atoms with E-state index in [-0.39, 0.29) is 5.56 Å². The molecule has 1 aliphatic rings. The number of esters is 1. The fraction of sp³-hybridized carbons (Fsp3) is 0.167. The number of hydrogen-bond donors (Lipinski definition) is 0. The largest absolute Gasteiger partial charge is 0.466 e. The van der Waals surface area contributed by atoms with Crippen LogP contribution in [-0.4, -0.2) is 17.6 Å². The Kier molecular flexibility index (Phi) is 4.21. The fourth-order valence-electron chi connectivity index (χ4n) is 2.91. The number of ether oxygens (including phenoxy) is 1. The van der Waals surface area contributed by atoms with Gasteiger partial charge in [-0.1, -0.05) is 17.4 Å². The molecule has 3 aromatic heterocycles. The van der Waals surface area contributed by atoms with Gasteiger partial charge in [-0.2, -0.15) is 0 Å². The molecule has 0 unspecified atom stereocenters. The van der Waals surface area contributed by atoms with Crippen LogP contribution in [-0.2, 0) is 9.53 Å². The quantitative estimate of drug-likeness (QED) is 0.646. The minimum absolute atomic E-state index is 0.211. The lowest BCUT2D eigenvalue weighted by atomic mass is 10.0. The number of allylic oxidation sites excluding steroid dienone is 1. The van der Waals surface area contributed by atoms with Crippen molar-refractivity contribution in [2.75, 3.05) is 7.11 Å². The van der Waals surface area contributed by atoms with Gasteiger partial charge in [0.2, 0.25) is 0 Å². The fourth-order valence-corrected chi connectivity index (χ4v) is 4.76. The van der Waals surface area contributed by atoms with Gasteiger partial charge in [-0.25, -0.2) is 9.79 Å². The summed E-state index contributed by atoms with van der Waals surface area (Å²) in [4.78, 5) is 31.4. The average molecular weight is 386 g/mol. The molecular formula is C18H14N2O4S2. The minimum atomic E-state index is -0.544. The molecule has 0 N–H and O–H groups in total. The Morgan fingerprint density at radius 3 is 2.88 bits per heavy atom. The molecule has 0 saturated heterocycles. The first-order valence-electron chi connectivity index (χ1n) is 7.78. The second kappa shape index (κ2) is 6.54. The second-order valence-electron chi connectivity index (χ2n) is 5.60. The number of methoxy groups -OCH3 is 1. The summed E-state index contributed by atoms with van der Waals surface area (Å²) < 4.78 is 12.3. The standard InChI is InChI=1S/C18H14N2O4S2/c1-10-14(17(22)23-2)15(12-6-4-8-25-12)20-16(21)13(26-18(20)19-10)9-11-5-3-7-24-11/h3-9,15H,1-2H3/t15-/m1/s1. The van der Waals surface area contributed by atoms with E-state index in [1.807, 2.05) is 17.5 Å². The van der Waals surface area contributed by atoms with Crippen molar-refractivity contribution in [2.24, 2.45) is 4.99 Å². The van der Waals surface area contributed by atoms with E-state index in [9.17, 15) is 9.59 Å². The third-order valence-electron chi connectivity index (χ3n) is 4.06. The van der Waals surface area contributed by atoms with Gasteiger partial charge < -0.3 is 9.15 Å². The highest BCUT2D eigenvalue weighted by Gasteiger charge is 2.33. The maximum absolute atomic E-state index is 13.1. The number of fused-ring (bicyclic) bond motifs is 1. The van der Waals surface area contributed by atoms with Crippen LogP contribution in [0.25, 0.3) is 6.08 Å². The van der Waals surface area contributed by atoms with E-state index in [4.69, 9.17) is 9.15 Å². The number of hydrogen-bond acceptors (Lipinski definition) is 7. The Labute approximate surface area is 156 Å². The normalized spacial score (nSPS) is 17.2. The molecule has 4 rings (SSSR count). The summed E-state index contributed by atoms with van der Waals surface area (Å²) in [5.41, 5.74) is 0.727. The topological polar surface area (TPSA) is 73.8 Å². The van der Waals surface area contributed by atoms with Gasteiger partial charge in [0.15, 0.2) is 4.80 Å². The minimum Gasteiger partial charge on any atom is -0.466 e. The van der Waals surface area contributed by atoms with Gasteiger partial charge in [0, 0.05) is 11.0 Å². The molecule has 3 aromatic rings. The van der Waals surface area contributed by atoms with Crippen molar-refractivity contribution in [1.29, 1.82) is 0 Å². The molecule has 4 heterocycles. The highest BCUT2D eigenvalue weighted by Crippen LogP contribution is 2.32. The Morgan fingerprint density at radius 2 is 2.23 bits per heavy atom. The average Bonchev–Trinajstić information content (AvgIpc) is 3.37. The molecular weight excluding hydrogens is 372 g/mol. The summed E-state index contributed by atoms with van der Waals surface area (Å²) in [6.07, 6.45) is 3.24. The lowest BCUT2D eigenvalue weighted by Crippen LogP contribution is -2.39. The number of nitrogens with zero attached hydrogens (tertiary/aromatic N) is 2. The smallest absolute Gasteiger partial charge is 0.338 e. The van der Waals surface area contributed by atoms with Gasteiger partial charge in [-0.3, -0.25) is 9.36 Å². The maximum atomic E-state index is 13.1. The second-order valence-corrected chi connectivity index (χ2v) is 7.59. The number of carbonyl (C=O) groups excluding carboxylic acids is 1. The summed E-state index contributed by atoms with van der Waals surface area (Å²) >= 11 is 2.76. The molecule has 6 nitrogen and oxygen atoms in total. The van der Waals surface area contributed by atoms with E-state index in [1.165, 1.54) is 29.8 Å². The van der Waals surface area contributed by atoms with Crippen LogP contribution < -0.4 is 14.9 Å². The highest BCUT2D eigenvalue weighted by molar-refractivity contribution is 7.10. The Balaban J connectivity index is 2.00. The molecule has 0 saturated carbocycles. The highest BCUT2D eigenvalue weighted by atomic mass is 32.1. The Hall–Kier alpha value is -2.71. The van der Waals surface area contributed by atoms with Crippen LogP contribution in [0.5, 0.6) is 0 Å². The number of aromatic nitrogens is 1. The number of thiazole rings is 1. The summed E-state index contributed by atoms with van der Waals surface area (Å²) in [6, 6.07) is 6.79. The third-order valence-corrected chi connectivity index (χ3v) is 5.96. The molecule has 8 heteroatoms. The van der Waals surface area contributed by atoms with Crippen molar-refractivity contribution >= 4 is 34.7 Å². The summed E-state index contributed by atoms with van der Waals surface area (Å²) in [7, 11) is 1.33. The van der Waals surface area contributed by atoms with Crippen molar-refractivity contribution in [3.8, 4) is 0 Å². The SMILES string of the molecule is COC(=O)C1=C(C)N=c2sc(=Cc3ccco3)c(=O)n2[C@@H]1c1cccs1. The summed E-state index contributed by atoms with van der Waals surface area (Å²) in [5.74, 6) is 0.108. The predicted molar refractivity (Wildman–Crippen MR) is 98.8 cm³/mol. The van der Waals surface area contributed by atoms with Crippen LogP contribution in [0.2, 0.25) is 0 Å². The molecule has 0 aliphatic carbocycles. The molecule has 0 bridgehead atoms. The van der Waals surface area contributed by atoms with Gasteiger partial charge in [0.05, 0.1) is 29.2 Å². The molecule has 1 aliphatic heterocycles. The van der Waals surface area contributed by atoms with Crippen molar-refractivity contribution < 1.29 is 13.9 Å². The van der Waals surface area contributed by atoms with Crippen LogP contribution in [0.3, 0.4) is 0 Å². The van der Waals surface area contributed by atoms with Gasteiger partial charge in [0.1, 0.15) is 11.8 Å². The van der Waals surface area contributed by atoms with Crippen LogP contribution >= 0.6 is 22.7 Å². The van der Waals surface area contributed by atoms with Gasteiger partial charge in [0.25, 0.3) is 5.56 Å². The molecule has 0 radical (unpaired) electrons. The first-order chi connectivity index (χ1) is 12.6. The number of thiophene rings is 1. The van der Waals surface area contributed by atoms with E-state index in [0.717, 1.165) is 4.88 Å². The van der Waals surface area contributed by atoms with E-state index in [1.54, 1.807) is 36.0 Å². The van der Waals surface area contributed by atoms with Crippen molar-refractivity contribution in [3.05, 3.63) is 77.5 Å². The number of carbonyl (C=O) groups is 1. The Morgan fingerprint density at radius 1 is 1.38 bits per heavy atom. The zero-order valence-corrected chi connectivity index (χ0v) is 15.6.